The van der Waals surface area contributed by atoms with E-state index in [9.17, 15) is 9.90 Å². The van der Waals surface area contributed by atoms with Crippen LogP contribution < -0.4 is 15.5 Å². The van der Waals surface area contributed by atoms with Gasteiger partial charge in [-0.1, -0.05) is 28.1 Å². The van der Waals surface area contributed by atoms with E-state index in [1.165, 1.54) is 13.3 Å². The van der Waals surface area contributed by atoms with Crippen LogP contribution >= 0.6 is 38.5 Å². The third kappa shape index (κ3) is 4.83. The van der Waals surface area contributed by atoms with Crippen LogP contribution in [0.4, 0.5) is 10.5 Å². The summed E-state index contributed by atoms with van der Waals surface area (Å²) in [6.45, 7) is 0. The molecule has 2 aromatic carbocycles. The van der Waals surface area contributed by atoms with Crippen molar-refractivity contribution in [3.05, 3.63) is 50.0 Å². The van der Waals surface area contributed by atoms with Crippen molar-refractivity contribution in [2.45, 2.75) is 0 Å². The number of carbonyl (C=O) groups excluding carboxylic acids is 1. The number of carbonyl (C=O) groups is 1. The van der Waals surface area contributed by atoms with Gasteiger partial charge in [-0.3, -0.25) is 0 Å². The van der Waals surface area contributed by atoms with Gasteiger partial charge in [0.2, 0.25) is 0 Å². The lowest BCUT2D eigenvalue weighted by Gasteiger charge is -2.09. The number of nitrogens with one attached hydrogen (secondary N) is 2. The molecule has 0 bridgehead atoms. The predicted octanol–water partition coefficient (Wildman–Crippen LogP) is 3.92. The highest BCUT2D eigenvalue weighted by molar-refractivity contribution is 14.1. The number of methoxy groups -OCH3 is 1. The van der Waals surface area contributed by atoms with E-state index in [2.05, 4.69) is 31.8 Å². The Morgan fingerprint density at radius 1 is 1.39 bits per heavy atom. The van der Waals surface area contributed by atoms with E-state index in [0.29, 0.717) is 20.6 Å². The molecular formula is C15H13BrIN3O3. The molecule has 120 valence electrons. The average Bonchev–Trinajstić information content (AvgIpc) is 2.52. The summed E-state index contributed by atoms with van der Waals surface area (Å²) >= 11 is 5.35. The topological polar surface area (TPSA) is 83.0 Å². The molecule has 0 aliphatic carbocycles. The molecule has 0 aromatic heterocycles. The smallest absolute Gasteiger partial charge is 0.339 e. The zero-order valence-electron chi connectivity index (χ0n) is 12.0. The summed E-state index contributed by atoms with van der Waals surface area (Å²) in [5.41, 5.74) is 3.35. The lowest BCUT2D eigenvalue weighted by Crippen LogP contribution is -2.24. The van der Waals surface area contributed by atoms with Crippen LogP contribution in [0.1, 0.15) is 5.56 Å². The molecule has 23 heavy (non-hydrogen) atoms. The maximum Gasteiger partial charge on any atom is 0.339 e. The Balaban J connectivity index is 2.02. The quantitative estimate of drug-likeness (QED) is 0.346. The summed E-state index contributed by atoms with van der Waals surface area (Å²) in [7, 11) is 1.52. The SMILES string of the molecule is COc1ccccc1NC(=O)N/N=C/c1cc(Br)cc(I)c1O. The van der Waals surface area contributed by atoms with E-state index in [1.54, 1.807) is 36.4 Å². The molecular weight excluding hydrogens is 477 g/mol. The molecule has 3 N–H and O–H groups in total. The van der Waals surface area contributed by atoms with Gasteiger partial charge in [0, 0.05) is 10.0 Å². The molecule has 6 nitrogen and oxygen atoms in total. The molecule has 0 saturated heterocycles. The largest absolute Gasteiger partial charge is 0.506 e. The van der Waals surface area contributed by atoms with Crippen LogP contribution in [0.5, 0.6) is 11.5 Å². The second-order valence-corrected chi connectivity index (χ2v) is 6.43. The van der Waals surface area contributed by atoms with Gasteiger partial charge in [0.15, 0.2) is 0 Å². The maximum absolute atomic E-state index is 11.8. The van der Waals surface area contributed by atoms with Gasteiger partial charge in [-0.05, 0) is 46.9 Å². The fourth-order valence-corrected chi connectivity index (χ4v) is 3.29. The zero-order valence-corrected chi connectivity index (χ0v) is 15.8. The number of hydrazone groups is 1. The molecule has 0 saturated carbocycles. The van der Waals surface area contributed by atoms with Crippen molar-refractivity contribution in [1.29, 1.82) is 0 Å². The molecule has 0 aliphatic heterocycles. The van der Waals surface area contributed by atoms with Crippen molar-refractivity contribution in [3.63, 3.8) is 0 Å². The highest BCUT2D eigenvalue weighted by atomic mass is 127. The molecule has 8 heteroatoms. The van der Waals surface area contributed by atoms with Crippen molar-refractivity contribution in [1.82, 2.24) is 5.43 Å². The number of ether oxygens (including phenoxy) is 1. The Morgan fingerprint density at radius 3 is 2.87 bits per heavy atom. The maximum atomic E-state index is 11.8. The van der Waals surface area contributed by atoms with Crippen LogP contribution in [-0.4, -0.2) is 24.5 Å². The van der Waals surface area contributed by atoms with Crippen molar-refractivity contribution in [2.75, 3.05) is 12.4 Å². The Hall–Kier alpha value is -1.81. The lowest BCUT2D eigenvalue weighted by molar-refractivity contribution is 0.252. The molecule has 2 amide bonds. The molecule has 0 radical (unpaired) electrons. The number of rotatable bonds is 4. The van der Waals surface area contributed by atoms with Gasteiger partial charge in [-0.2, -0.15) is 5.10 Å². The Labute approximate surface area is 155 Å². The predicted molar refractivity (Wildman–Crippen MR) is 101 cm³/mol. The molecule has 0 fully saturated rings. The zero-order chi connectivity index (χ0) is 16.8. The van der Waals surface area contributed by atoms with Crippen molar-refractivity contribution < 1.29 is 14.6 Å². The van der Waals surface area contributed by atoms with E-state index < -0.39 is 6.03 Å². The van der Waals surface area contributed by atoms with E-state index in [-0.39, 0.29) is 5.75 Å². The fraction of sp³-hybridized carbons (Fsp3) is 0.0667. The molecule has 0 aliphatic rings. The highest BCUT2D eigenvalue weighted by Gasteiger charge is 2.07. The second-order valence-electron chi connectivity index (χ2n) is 4.35. The number of phenolic OH excluding ortho intramolecular Hbond substituents is 1. The summed E-state index contributed by atoms with van der Waals surface area (Å²) in [6.07, 6.45) is 1.37. The van der Waals surface area contributed by atoms with Crippen molar-refractivity contribution in [3.8, 4) is 11.5 Å². The number of hydrogen-bond acceptors (Lipinski definition) is 4. The van der Waals surface area contributed by atoms with Crippen LogP contribution in [0.25, 0.3) is 0 Å². The van der Waals surface area contributed by atoms with Crippen molar-refractivity contribution in [2.24, 2.45) is 5.10 Å². The van der Waals surface area contributed by atoms with Crippen LogP contribution in [0.15, 0.2) is 46.0 Å². The van der Waals surface area contributed by atoms with E-state index >= 15 is 0 Å². The number of halogens is 2. The minimum atomic E-state index is -0.519. The molecule has 0 unspecified atom stereocenters. The second kappa shape index (κ2) is 8.16. The Kier molecular flexibility index (Phi) is 6.22. The molecule has 2 rings (SSSR count). The number of benzene rings is 2. The number of urea groups is 1. The summed E-state index contributed by atoms with van der Waals surface area (Å²) in [5.74, 6) is 0.648. The normalized spacial score (nSPS) is 10.6. The molecule has 0 spiro atoms. The lowest BCUT2D eigenvalue weighted by atomic mass is 10.2. The molecule has 0 atom stereocenters. The first-order chi connectivity index (χ1) is 11.0. The fourth-order valence-electron chi connectivity index (χ4n) is 1.74. The summed E-state index contributed by atoms with van der Waals surface area (Å²) < 4.78 is 6.62. The van der Waals surface area contributed by atoms with E-state index in [1.807, 2.05) is 22.6 Å². The summed E-state index contributed by atoms with van der Waals surface area (Å²) in [6, 6.07) is 9.98. The third-order valence-electron chi connectivity index (χ3n) is 2.78. The number of hydrogen-bond donors (Lipinski definition) is 3. The number of nitrogens with zero attached hydrogens (tertiary/aromatic N) is 1. The highest BCUT2D eigenvalue weighted by Crippen LogP contribution is 2.27. The van der Waals surface area contributed by atoms with Gasteiger partial charge in [0.25, 0.3) is 0 Å². The van der Waals surface area contributed by atoms with Gasteiger partial charge in [-0.25, -0.2) is 10.2 Å². The van der Waals surface area contributed by atoms with Gasteiger partial charge in [0.1, 0.15) is 11.5 Å². The number of para-hydroxylation sites is 2. The van der Waals surface area contributed by atoms with Gasteiger partial charge >= 0.3 is 6.03 Å². The van der Waals surface area contributed by atoms with Crippen LogP contribution in [0, 0.1) is 3.57 Å². The number of amides is 2. The molecule has 0 heterocycles. The van der Waals surface area contributed by atoms with Crippen molar-refractivity contribution >= 4 is 56.5 Å². The molecule has 2 aromatic rings. The van der Waals surface area contributed by atoms with Crippen LogP contribution in [0.2, 0.25) is 0 Å². The number of phenols is 1. The Bertz CT molecular complexity index is 753. The van der Waals surface area contributed by atoms with E-state index in [0.717, 1.165) is 4.47 Å². The first kappa shape index (κ1) is 17.5. The van der Waals surface area contributed by atoms with Crippen LogP contribution in [0.3, 0.4) is 0 Å². The average molecular weight is 490 g/mol. The number of anilines is 1. The first-order valence-electron chi connectivity index (χ1n) is 6.42. The van der Waals surface area contributed by atoms with Crippen LogP contribution in [-0.2, 0) is 0 Å². The van der Waals surface area contributed by atoms with E-state index in [4.69, 9.17) is 4.74 Å². The minimum absolute atomic E-state index is 0.101. The van der Waals surface area contributed by atoms with Gasteiger partial charge < -0.3 is 15.2 Å². The van der Waals surface area contributed by atoms with Gasteiger partial charge in [-0.15, -0.1) is 0 Å². The summed E-state index contributed by atoms with van der Waals surface area (Å²) in [4.78, 5) is 11.8. The van der Waals surface area contributed by atoms with Gasteiger partial charge in [0.05, 0.1) is 22.6 Å². The first-order valence-corrected chi connectivity index (χ1v) is 8.29. The number of aromatic hydroxyl groups is 1. The summed E-state index contributed by atoms with van der Waals surface area (Å²) in [5, 5.41) is 16.4. The Morgan fingerprint density at radius 2 is 2.13 bits per heavy atom. The standard InChI is InChI=1S/C15H13BrIN3O3/c1-23-13-5-3-2-4-12(13)19-15(22)20-18-8-9-6-10(16)7-11(17)14(9)21/h2-8,21H,1H3,(H2,19,20,22)/b18-8+. The minimum Gasteiger partial charge on any atom is -0.506 e. The monoisotopic (exact) mass is 489 g/mol. The third-order valence-corrected chi connectivity index (χ3v) is 4.06.